The van der Waals surface area contributed by atoms with Crippen molar-refractivity contribution in [3.05, 3.63) is 35.3 Å². The third-order valence-electron chi connectivity index (χ3n) is 3.74. The fourth-order valence-corrected chi connectivity index (χ4v) is 2.66. The van der Waals surface area contributed by atoms with Gasteiger partial charge in [0.25, 0.3) is 0 Å². The summed E-state index contributed by atoms with van der Waals surface area (Å²) in [6.07, 6.45) is 2.17. The second kappa shape index (κ2) is 6.39. The number of carbonyl (C=O) groups is 1. The Morgan fingerprint density at radius 1 is 1.29 bits per heavy atom. The Balaban J connectivity index is 2.30. The van der Waals surface area contributed by atoms with Crippen molar-refractivity contribution >= 4 is 5.91 Å². The van der Waals surface area contributed by atoms with Crippen molar-refractivity contribution < 1.29 is 14.3 Å². The average Bonchev–Trinajstić information content (AvgIpc) is 3.04. The predicted molar refractivity (Wildman–Crippen MR) is 89.3 cm³/mol. The van der Waals surface area contributed by atoms with Crippen molar-refractivity contribution in [1.82, 2.24) is 14.8 Å². The molecule has 0 aliphatic rings. The molecule has 2 heterocycles. The van der Waals surface area contributed by atoms with Crippen molar-refractivity contribution in [3.8, 4) is 0 Å². The zero-order valence-corrected chi connectivity index (χ0v) is 15.0. The second-order valence-corrected chi connectivity index (χ2v) is 7.72. The number of hydrogen-bond acceptors (Lipinski definition) is 5. The molecule has 7 heteroatoms. The first-order valence-corrected chi connectivity index (χ1v) is 7.95. The van der Waals surface area contributed by atoms with Gasteiger partial charge < -0.3 is 15.3 Å². The molecule has 132 valence electrons. The highest BCUT2D eigenvalue weighted by atomic mass is 16.3. The third-order valence-corrected chi connectivity index (χ3v) is 3.74. The normalized spacial score (nSPS) is 12.6. The number of nitrogens with zero attached hydrogens (tertiary/aromatic N) is 3. The maximum absolute atomic E-state index is 11.0. The van der Waals surface area contributed by atoms with E-state index in [-0.39, 0.29) is 18.6 Å². The topological polar surface area (TPSA) is 107 Å². The molecule has 2 aromatic rings. The van der Waals surface area contributed by atoms with Crippen LogP contribution in [0.15, 0.2) is 16.7 Å². The number of carbonyl (C=O) groups excluding carboxylic acids is 1. The highest BCUT2D eigenvalue weighted by Gasteiger charge is 2.30. The molecule has 24 heavy (non-hydrogen) atoms. The van der Waals surface area contributed by atoms with Crippen LogP contribution < -0.4 is 5.73 Å². The van der Waals surface area contributed by atoms with E-state index >= 15 is 0 Å². The molecule has 0 saturated heterocycles. The van der Waals surface area contributed by atoms with E-state index in [1.165, 1.54) is 6.26 Å². The molecule has 0 spiro atoms. The number of primary amides is 1. The van der Waals surface area contributed by atoms with Gasteiger partial charge in [0, 0.05) is 17.5 Å². The van der Waals surface area contributed by atoms with Crippen LogP contribution in [0.25, 0.3) is 0 Å². The molecule has 0 saturated carbocycles. The Morgan fingerprint density at radius 2 is 1.96 bits per heavy atom. The minimum atomic E-state index is -0.439. The zero-order valence-electron chi connectivity index (χ0n) is 15.0. The van der Waals surface area contributed by atoms with Crippen molar-refractivity contribution in [3.63, 3.8) is 0 Å². The van der Waals surface area contributed by atoms with E-state index in [4.69, 9.17) is 10.2 Å². The summed E-state index contributed by atoms with van der Waals surface area (Å²) >= 11 is 0. The zero-order chi connectivity index (χ0) is 18.1. The molecule has 3 N–H and O–H groups in total. The fraction of sp³-hybridized carbons (Fsp3) is 0.588. The molecule has 2 aromatic heterocycles. The largest absolute Gasteiger partial charge is 0.448 e. The molecule has 2 rings (SSSR count). The Kier molecular flexibility index (Phi) is 4.85. The van der Waals surface area contributed by atoms with Gasteiger partial charge in [-0.25, -0.2) is 4.98 Å². The summed E-state index contributed by atoms with van der Waals surface area (Å²) in [4.78, 5) is 15.4. The van der Waals surface area contributed by atoms with E-state index < -0.39 is 11.3 Å². The number of oxazole rings is 1. The third kappa shape index (κ3) is 4.03. The lowest BCUT2D eigenvalue weighted by Gasteiger charge is -2.26. The summed E-state index contributed by atoms with van der Waals surface area (Å²) in [5.74, 6) is 0.108. The molecule has 0 radical (unpaired) electrons. The van der Waals surface area contributed by atoms with Crippen LogP contribution in [0.2, 0.25) is 0 Å². The number of amides is 1. The van der Waals surface area contributed by atoms with Gasteiger partial charge >= 0.3 is 0 Å². The Morgan fingerprint density at radius 3 is 2.50 bits per heavy atom. The van der Waals surface area contributed by atoms with Gasteiger partial charge in [-0.05, 0) is 26.8 Å². The quantitative estimate of drug-likeness (QED) is 0.835. The lowest BCUT2D eigenvalue weighted by Crippen LogP contribution is -2.29. The molecule has 0 aromatic carbocycles. The van der Waals surface area contributed by atoms with Crippen molar-refractivity contribution in [2.24, 2.45) is 5.73 Å². The van der Waals surface area contributed by atoms with Gasteiger partial charge in [-0.2, -0.15) is 5.10 Å². The molecular formula is C17H26N4O3. The summed E-state index contributed by atoms with van der Waals surface area (Å²) in [5, 5.41) is 13.9. The van der Waals surface area contributed by atoms with Gasteiger partial charge in [-0.3, -0.25) is 9.48 Å². The van der Waals surface area contributed by atoms with Gasteiger partial charge in [0.1, 0.15) is 6.26 Å². The van der Waals surface area contributed by atoms with Crippen molar-refractivity contribution in [1.29, 1.82) is 0 Å². The predicted octanol–water partition coefficient (Wildman–Crippen LogP) is 1.67. The van der Waals surface area contributed by atoms with Crippen LogP contribution in [0, 0.1) is 0 Å². The van der Waals surface area contributed by atoms with Crippen LogP contribution in [-0.2, 0) is 35.2 Å². The van der Waals surface area contributed by atoms with Crippen LogP contribution in [-0.4, -0.2) is 25.8 Å². The molecule has 0 aliphatic carbocycles. The van der Waals surface area contributed by atoms with Gasteiger partial charge in [-0.1, -0.05) is 13.8 Å². The van der Waals surface area contributed by atoms with Crippen molar-refractivity contribution in [2.75, 3.05) is 0 Å². The van der Waals surface area contributed by atoms with Crippen LogP contribution in [0.3, 0.4) is 0 Å². The number of nitrogens with two attached hydrogens (primary N) is 1. The molecule has 0 aliphatic heterocycles. The summed E-state index contributed by atoms with van der Waals surface area (Å²) in [7, 11) is 0. The summed E-state index contributed by atoms with van der Waals surface area (Å²) in [6.45, 7) is 10.1. The number of hydrogen-bond donors (Lipinski definition) is 2. The van der Waals surface area contributed by atoms with E-state index in [2.05, 4.69) is 30.9 Å². The number of aromatic nitrogens is 3. The molecule has 0 unspecified atom stereocenters. The smallest absolute Gasteiger partial charge is 0.223 e. The van der Waals surface area contributed by atoms with Crippen LogP contribution in [0.1, 0.15) is 57.6 Å². The Labute approximate surface area is 141 Å². The van der Waals surface area contributed by atoms with E-state index in [1.54, 1.807) is 0 Å². The molecule has 0 bridgehead atoms. The number of aliphatic hydroxyl groups is 1. The summed E-state index contributed by atoms with van der Waals surface area (Å²) < 4.78 is 7.49. The highest BCUT2D eigenvalue weighted by molar-refractivity contribution is 5.75. The van der Waals surface area contributed by atoms with Crippen LogP contribution >= 0.6 is 0 Å². The first-order chi connectivity index (χ1) is 11.0. The molecule has 1 amide bonds. The molecule has 0 fully saturated rings. The second-order valence-electron chi connectivity index (χ2n) is 7.72. The minimum absolute atomic E-state index is 0.0637. The van der Waals surface area contributed by atoms with Gasteiger partial charge in [-0.15, -0.1) is 0 Å². The van der Waals surface area contributed by atoms with Crippen LogP contribution in [0.4, 0.5) is 0 Å². The van der Waals surface area contributed by atoms with Gasteiger partial charge in [0.05, 0.1) is 30.0 Å². The van der Waals surface area contributed by atoms with E-state index in [0.717, 1.165) is 5.69 Å². The monoisotopic (exact) mass is 334 g/mol. The molecule has 0 atom stereocenters. The molecule has 7 nitrogen and oxygen atoms in total. The van der Waals surface area contributed by atoms with Crippen molar-refractivity contribution in [2.45, 2.75) is 65.0 Å². The number of aliphatic hydroxyl groups excluding tert-OH is 1. The fourth-order valence-electron chi connectivity index (χ4n) is 2.66. The van der Waals surface area contributed by atoms with Gasteiger partial charge in [0.15, 0.2) is 5.89 Å². The minimum Gasteiger partial charge on any atom is -0.448 e. The highest BCUT2D eigenvalue weighted by Crippen LogP contribution is 2.29. The average molecular weight is 334 g/mol. The lowest BCUT2D eigenvalue weighted by molar-refractivity contribution is -0.117. The maximum atomic E-state index is 11.0. The lowest BCUT2D eigenvalue weighted by atomic mass is 9.87. The first-order valence-electron chi connectivity index (χ1n) is 7.95. The maximum Gasteiger partial charge on any atom is 0.223 e. The number of rotatable bonds is 6. The van der Waals surface area contributed by atoms with E-state index in [1.807, 2.05) is 24.6 Å². The standard InChI is InChI=1S/C17H26N4O3/c1-16(2,3)21-13(6-11(9-22)20-21)8-17(4,5)15-19-12(10-24-15)7-14(18)23/h6,10,22H,7-9H2,1-5H3,(H2,18,23). The van der Waals surface area contributed by atoms with E-state index in [9.17, 15) is 9.90 Å². The Bertz CT molecular complexity index is 723. The summed E-state index contributed by atoms with van der Waals surface area (Å²) in [5.41, 5.74) is 6.76. The molecular weight excluding hydrogens is 308 g/mol. The van der Waals surface area contributed by atoms with Gasteiger partial charge in [0.2, 0.25) is 5.91 Å². The summed E-state index contributed by atoms with van der Waals surface area (Å²) in [6, 6.07) is 1.90. The Hall–Kier alpha value is -2.15. The van der Waals surface area contributed by atoms with E-state index in [0.29, 0.717) is 23.7 Å². The van der Waals surface area contributed by atoms with Crippen LogP contribution in [0.5, 0.6) is 0 Å². The first kappa shape index (κ1) is 18.2. The SMILES string of the molecule is CC(C)(Cc1cc(CO)nn1C(C)(C)C)c1nc(CC(N)=O)co1.